The topological polar surface area (TPSA) is 54.9 Å². The third-order valence-corrected chi connectivity index (χ3v) is 2.43. The molecule has 0 aliphatic rings. The highest BCUT2D eigenvalue weighted by Gasteiger charge is 1.97. The van der Waals surface area contributed by atoms with Gasteiger partial charge in [0.2, 0.25) is 0 Å². The zero-order valence-corrected chi connectivity index (χ0v) is 15.7. The number of rotatable bonds is 11. The van der Waals surface area contributed by atoms with E-state index in [1.807, 2.05) is 6.92 Å². The van der Waals surface area contributed by atoms with Crippen molar-refractivity contribution in [3.63, 3.8) is 0 Å². The molecule has 0 bridgehead atoms. The van der Waals surface area contributed by atoms with Crippen LogP contribution in [0.25, 0.3) is 0 Å². The van der Waals surface area contributed by atoms with Gasteiger partial charge in [-0.1, -0.05) is 13.8 Å². The van der Waals surface area contributed by atoms with E-state index < -0.39 is 0 Å². The van der Waals surface area contributed by atoms with Crippen molar-refractivity contribution in [1.29, 1.82) is 0 Å². The van der Waals surface area contributed by atoms with Crippen molar-refractivity contribution in [2.75, 3.05) is 46.1 Å². The minimum atomic E-state index is 0. The number of guanidine groups is 1. The standard InChI is InChI=1S/C14H31N3O2.HI/c1-5-15-14(16-8-11-18-6-2)17-9-12-19-10-7-13(3)4;/h13H,5-12H2,1-4H3,(H2,15,16,17);1H. The number of nitrogens with one attached hydrogen (secondary N) is 2. The third-order valence-electron chi connectivity index (χ3n) is 2.43. The first-order valence-electron chi connectivity index (χ1n) is 7.38. The van der Waals surface area contributed by atoms with Gasteiger partial charge in [-0.25, -0.2) is 0 Å². The molecule has 0 spiro atoms. The molecule has 0 aromatic rings. The number of hydrogen-bond donors (Lipinski definition) is 2. The van der Waals surface area contributed by atoms with Crippen LogP contribution in [0.3, 0.4) is 0 Å². The molecule has 0 atom stereocenters. The van der Waals surface area contributed by atoms with Crippen molar-refractivity contribution in [2.45, 2.75) is 34.1 Å². The third kappa shape index (κ3) is 16.0. The Morgan fingerprint density at radius 3 is 2.40 bits per heavy atom. The lowest BCUT2D eigenvalue weighted by molar-refractivity contribution is 0.128. The van der Waals surface area contributed by atoms with Crippen LogP contribution in [-0.2, 0) is 9.47 Å². The van der Waals surface area contributed by atoms with E-state index in [0.717, 1.165) is 38.7 Å². The fraction of sp³-hybridized carbons (Fsp3) is 0.929. The Bertz CT molecular complexity index is 226. The van der Waals surface area contributed by atoms with Gasteiger partial charge in [0.1, 0.15) is 0 Å². The van der Waals surface area contributed by atoms with Gasteiger partial charge in [-0.2, -0.15) is 0 Å². The van der Waals surface area contributed by atoms with Crippen LogP contribution in [0, 0.1) is 5.92 Å². The van der Waals surface area contributed by atoms with Gasteiger partial charge in [0.25, 0.3) is 0 Å². The number of hydrogen-bond acceptors (Lipinski definition) is 3. The second-order valence-corrected chi connectivity index (χ2v) is 4.68. The van der Waals surface area contributed by atoms with Crippen molar-refractivity contribution in [1.82, 2.24) is 10.6 Å². The Morgan fingerprint density at radius 1 is 1.05 bits per heavy atom. The van der Waals surface area contributed by atoms with Crippen LogP contribution in [-0.4, -0.2) is 52.0 Å². The molecule has 2 N–H and O–H groups in total. The molecule has 0 radical (unpaired) electrons. The van der Waals surface area contributed by atoms with Gasteiger partial charge in [0.05, 0.1) is 19.8 Å². The van der Waals surface area contributed by atoms with Crippen LogP contribution in [0.15, 0.2) is 4.99 Å². The Hall–Kier alpha value is -0.0800. The quantitative estimate of drug-likeness (QED) is 0.241. The normalized spacial score (nSPS) is 11.3. The Labute approximate surface area is 141 Å². The second kappa shape index (κ2) is 17.0. The summed E-state index contributed by atoms with van der Waals surface area (Å²) in [5.41, 5.74) is 0. The highest BCUT2D eigenvalue weighted by Crippen LogP contribution is 1.98. The van der Waals surface area contributed by atoms with Crippen LogP contribution in [0.5, 0.6) is 0 Å². The fourth-order valence-electron chi connectivity index (χ4n) is 1.37. The van der Waals surface area contributed by atoms with Crippen molar-refractivity contribution >= 4 is 29.9 Å². The molecule has 0 saturated heterocycles. The van der Waals surface area contributed by atoms with E-state index in [0.29, 0.717) is 25.7 Å². The molecule has 0 aromatic carbocycles. The molecule has 5 nitrogen and oxygen atoms in total. The number of halogens is 1. The number of ether oxygens (including phenoxy) is 2. The van der Waals surface area contributed by atoms with Gasteiger partial charge in [0, 0.05) is 26.3 Å². The Balaban J connectivity index is 0. The maximum Gasteiger partial charge on any atom is 0.191 e. The first kappa shape index (κ1) is 22.2. The Morgan fingerprint density at radius 2 is 1.80 bits per heavy atom. The molecule has 0 amide bonds. The lowest BCUT2D eigenvalue weighted by Crippen LogP contribution is -2.39. The zero-order chi connectivity index (χ0) is 14.3. The van der Waals surface area contributed by atoms with Gasteiger partial charge >= 0.3 is 0 Å². The molecular formula is C14H32IN3O2. The van der Waals surface area contributed by atoms with Gasteiger partial charge in [-0.05, 0) is 26.2 Å². The predicted molar refractivity (Wildman–Crippen MR) is 96.2 cm³/mol. The fourth-order valence-corrected chi connectivity index (χ4v) is 1.37. The summed E-state index contributed by atoms with van der Waals surface area (Å²) in [4.78, 5) is 4.41. The second-order valence-electron chi connectivity index (χ2n) is 4.68. The average molecular weight is 401 g/mol. The summed E-state index contributed by atoms with van der Waals surface area (Å²) in [6, 6.07) is 0. The lowest BCUT2D eigenvalue weighted by Gasteiger charge is -2.12. The SMILES string of the molecule is CCNC(=NCCOCC)NCCOCCC(C)C.I. The van der Waals surface area contributed by atoms with Gasteiger partial charge in [-0.3, -0.25) is 4.99 Å². The molecule has 6 heteroatoms. The molecular weight excluding hydrogens is 369 g/mol. The average Bonchev–Trinajstić information content (AvgIpc) is 2.38. The smallest absolute Gasteiger partial charge is 0.191 e. The lowest BCUT2D eigenvalue weighted by atomic mass is 10.1. The molecule has 0 aliphatic heterocycles. The molecule has 0 aliphatic carbocycles. The maximum atomic E-state index is 5.55. The monoisotopic (exact) mass is 401 g/mol. The van der Waals surface area contributed by atoms with E-state index in [4.69, 9.17) is 9.47 Å². The van der Waals surface area contributed by atoms with E-state index in [-0.39, 0.29) is 24.0 Å². The number of aliphatic imine (C=N–C) groups is 1. The summed E-state index contributed by atoms with van der Waals surface area (Å²) in [6.07, 6.45) is 1.11. The molecule has 0 fully saturated rings. The van der Waals surface area contributed by atoms with Crippen molar-refractivity contribution in [3.05, 3.63) is 0 Å². The van der Waals surface area contributed by atoms with E-state index in [9.17, 15) is 0 Å². The van der Waals surface area contributed by atoms with Gasteiger partial charge in [-0.15, -0.1) is 24.0 Å². The van der Waals surface area contributed by atoms with Crippen LogP contribution in [0.1, 0.15) is 34.1 Å². The highest BCUT2D eigenvalue weighted by molar-refractivity contribution is 14.0. The van der Waals surface area contributed by atoms with E-state index in [1.54, 1.807) is 0 Å². The summed E-state index contributed by atoms with van der Waals surface area (Å²) in [5, 5.41) is 6.44. The van der Waals surface area contributed by atoms with Crippen molar-refractivity contribution < 1.29 is 9.47 Å². The first-order chi connectivity index (χ1) is 9.20. The Kier molecular flexibility index (Phi) is 18.8. The zero-order valence-electron chi connectivity index (χ0n) is 13.4. The predicted octanol–water partition coefficient (Wildman–Crippen LogP) is 2.26. The molecule has 0 aromatic heterocycles. The highest BCUT2D eigenvalue weighted by atomic mass is 127. The van der Waals surface area contributed by atoms with Crippen LogP contribution in [0.2, 0.25) is 0 Å². The molecule has 0 heterocycles. The largest absolute Gasteiger partial charge is 0.380 e. The van der Waals surface area contributed by atoms with E-state index >= 15 is 0 Å². The molecule has 0 rings (SSSR count). The maximum absolute atomic E-state index is 5.55. The molecule has 20 heavy (non-hydrogen) atoms. The van der Waals surface area contributed by atoms with Gasteiger partial charge < -0.3 is 20.1 Å². The minimum absolute atomic E-state index is 0. The summed E-state index contributed by atoms with van der Waals surface area (Å²) >= 11 is 0. The van der Waals surface area contributed by atoms with Crippen LogP contribution < -0.4 is 10.6 Å². The number of nitrogens with zero attached hydrogens (tertiary/aromatic N) is 1. The molecule has 122 valence electrons. The van der Waals surface area contributed by atoms with E-state index in [2.05, 4.69) is 36.4 Å². The summed E-state index contributed by atoms with van der Waals surface area (Å²) in [5.74, 6) is 1.53. The summed E-state index contributed by atoms with van der Waals surface area (Å²) in [6.45, 7) is 13.7. The van der Waals surface area contributed by atoms with Crippen LogP contribution >= 0.6 is 24.0 Å². The minimum Gasteiger partial charge on any atom is -0.380 e. The molecule has 0 unspecified atom stereocenters. The summed E-state index contributed by atoms with van der Waals surface area (Å²) < 4.78 is 10.8. The van der Waals surface area contributed by atoms with E-state index in [1.165, 1.54) is 0 Å². The van der Waals surface area contributed by atoms with Gasteiger partial charge in [0.15, 0.2) is 5.96 Å². The first-order valence-corrected chi connectivity index (χ1v) is 7.38. The molecule has 0 saturated carbocycles. The van der Waals surface area contributed by atoms with Crippen molar-refractivity contribution in [3.8, 4) is 0 Å². The van der Waals surface area contributed by atoms with Crippen LogP contribution in [0.4, 0.5) is 0 Å². The van der Waals surface area contributed by atoms with Crippen molar-refractivity contribution in [2.24, 2.45) is 10.9 Å². The summed E-state index contributed by atoms with van der Waals surface area (Å²) in [7, 11) is 0.